The number of aliphatic hydroxyl groups is 6. The number of methoxy groups -OCH3 is 5. The number of hydrogen-bond acceptors (Lipinski definition) is 26. The predicted molar refractivity (Wildman–Crippen MR) is 313 cm³/mol. The Morgan fingerprint density at radius 3 is 2.25 bits per heavy atom. The molecule has 1 aromatic carbocycles. The molecule has 24 nitrogen and oxygen atoms in total. The summed E-state index contributed by atoms with van der Waals surface area (Å²) in [6.45, 7) is 9.45. The highest BCUT2D eigenvalue weighted by Gasteiger charge is 2.52. The number of hydroxylamine groups is 1. The van der Waals surface area contributed by atoms with Gasteiger partial charge in [0, 0.05) is 50.4 Å². The molecule has 7 rings (SSSR count). The second-order valence-corrected chi connectivity index (χ2v) is 25.0. The maximum absolute atomic E-state index is 14.4. The van der Waals surface area contributed by atoms with E-state index in [1.165, 1.54) is 62.2 Å². The van der Waals surface area contributed by atoms with Crippen molar-refractivity contribution in [1.29, 1.82) is 0 Å². The number of aliphatic hydroxyl groups excluding tert-OH is 5. The van der Waals surface area contributed by atoms with Crippen LogP contribution in [0.2, 0.25) is 0 Å². The number of benzene rings is 1. The van der Waals surface area contributed by atoms with Gasteiger partial charge < -0.3 is 92.8 Å². The first-order valence-corrected chi connectivity index (χ1v) is 31.6. The molecule has 83 heavy (non-hydrogen) atoms. The number of likely N-dealkylation sites (N-methyl/N-ethyl adjacent to an activating group) is 1. The Morgan fingerprint density at radius 2 is 1.59 bits per heavy atom. The molecule has 462 valence electrons. The van der Waals surface area contributed by atoms with Gasteiger partial charge in [-0.15, -0.1) is 0 Å². The first-order chi connectivity index (χ1) is 39.7. The average molecular weight is 1340 g/mol. The second-order valence-electron chi connectivity index (χ2n) is 20.2. The summed E-state index contributed by atoms with van der Waals surface area (Å²) in [5, 5.41) is 74.4. The maximum atomic E-state index is 14.4. The molecule has 0 spiro atoms. The van der Waals surface area contributed by atoms with Crippen LogP contribution in [0.25, 0.3) is 0 Å². The lowest BCUT2D eigenvalue weighted by atomic mass is 9.74. The van der Waals surface area contributed by atoms with E-state index in [4.69, 9.17) is 61.7 Å². The van der Waals surface area contributed by atoms with Crippen molar-refractivity contribution < 1.29 is 102 Å². The number of amides is 1. The predicted octanol–water partition coefficient (Wildman–Crippen LogP) is 2.34. The number of halogens is 1. The normalized spacial score (nSPS) is 37.1. The van der Waals surface area contributed by atoms with Gasteiger partial charge in [-0.05, 0) is 80.8 Å². The third kappa shape index (κ3) is 15.5. The zero-order chi connectivity index (χ0) is 60.4. The first-order valence-electron chi connectivity index (χ1n) is 26.9. The SMILES string of the molecule is CCN[C@H]1CO[C@@H](O[C@@H]2[C@H](O[C@H]3C#C/C=C/C#C[C@]4(O)C[C@@H](O)C(NC(=O)OC)=C3/C4=C/CSSC)O[C@@H](C)[C@@H](NO[C@H]3C[C@H](O)[C@H](SC(=O)c4c(C)c(I)c(O[C@@H]5O[C@@H](C)[C@H](O)[C@@H](OC)[C@H]5O)c(OC)c4OC)[C@@H](C)O3)[C@@H]2O)C[C@@H]1OC. The molecule has 20 atom stereocenters. The quantitative estimate of drug-likeness (QED) is 0.0281. The van der Waals surface area contributed by atoms with Crippen LogP contribution in [0.15, 0.2) is 35.1 Å². The molecule has 0 aromatic heterocycles. The van der Waals surface area contributed by atoms with Crippen LogP contribution < -0.4 is 30.3 Å². The van der Waals surface area contributed by atoms with E-state index in [0.29, 0.717) is 21.4 Å². The van der Waals surface area contributed by atoms with Crippen LogP contribution in [0, 0.1) is 34.2 Å². The molecule has 2 bridgehead atoms. The number of alkyl carbamates (subject to hydrolysis) is 1. The lowest BCUT2D eigenvalue weighted by molar-refractivity contribution is -0.336. The molecule has 0 unspecified atom stereocenters. The molecular formula is C55H76IN3O21S3. The van der Waals surface area contributed by atoms with Gasteiger partial charge in [0.2, 0.25) is 17.2 Å². The smallest absolute Gasteiger partial charge is 0.411 e. The van der Waals surface area contributed by atoms with Gasteiger partial charge in [0.1, 0.15) is 36.6 Å². The van der Waals surface area contributed by atoms with Crippen molar-refractivity contribution in [2.24, 2.45) is 0 Å². The summed E-state index contributed by atoms with van der Waals surface area (Å²) in [5.74, 6) is 12.2. The molecule has 4 fully saturated rings. The van der Waals surface area contributed by atoms with Crippen molar-refractivity contribution in [1.82, 2.24) is 16.1 Å². The Balaban J connectivity index is 1.11. The molecule has 9 N–H and O–H groups in total. The van der Waals surface area contributed by atoms with E-state index in [1.807, 2.05) is 35.8 Å². The van der Waals surface area contributed by atoms with Crippen molar-refractivity contribution in [3.05, 3.63) is 49.8 Å². The lowest BCUT2D eigenvalue weighted by Gasteiger charge is -2.47. The van der Waals surface area contributed by atoms with E-state index in [1.54, 1.807) is 40.9 Å². The van der Waals surface area contributed by atoms with Crippen LogP contribution in [-0.2, 0) is 47.5 Å². The monoisotopic (exact) mass is 1340 g/mol. The van der Waals surface area contributed by atoms with E-state index < -0.39 is 120 Å². The highest BCUT2D eigenvalue weighted by atomic mass is 127. The van der Waals surface area contributed by atoms with Gasteiger partial charge in [0.25, 0.3) is 0 Å². The Morgan fingerprint density at radius 1 is 0.867 bits per heavy atom. The van der Waals surface area contributed by atoms with Gasteiger partial charge in [-0.25, -0.2) is 4.79 Å². The summed E-state index contributed by atoms with van der Waals surface area (Å²) in [7, 11) is 9.79. The van der Waals surface area contributed by atoms with Crippen LogP contribution in [0.1, 0.15) is 62.9 Å². The number of fused-ring (bicyclic) bond motifs is 2. The van der Waals surface area contributed by atoms with Gasteiger partial charge >= 0.3 is 6.09 Å². The molecule has 1 aromatic rings. The minimum atomic E-state index is -1.95. The van der Waals surface area contributed by atoms with E-state index in [0.717, 1.165) is 11.8 Å². The van der Waals surface area contributed by atoms with Gasteiger partial charge in [0.05, 0.1) is 96.7 Å². The number of hydrogen-bond donors (Lipinski definition) is 9. The summed E-state index contributed by atoms with van der Waals surface area (Å²) < 4.78 is 72.6. The van der Waals surface area contributed by atoms with Crippen molar-refractivity contribution in [2.45, 2.75) is 175 Å². The van der Waals surface area contributed by atoms with Gasteiger partial charge in [-0.3, -0.25) is 14.9 Å². The second kappa shape index (κ2) is 30.8. The zero-order valence-corrected chi connectivity index (χ0v) is 52.5. The summed E-state index contributed by atoms with van der Waals surface area (Å²) >= 11 is 2.83. The minimum Gasteiger partial charge on any atom is -0.492 e. The topological polar surface area (TPSA) is 312 Å². The van der Waals surface area contributed by atoms with Gasteiger partial charge in [0.15, 0.2) is 36.0 Å². The lowest BCUT2D eigenvalue weighted by Crippen LogP contribution is -2.65. The molecule has 2 aliphatic carbocycles. The van der Waals surface area contributed by atoms with Gasteiger partial charge in [-0.2, -0.15) is 5.48 Å². The molecule has 1 amide bonds. The summed E-state index contributed by atoms with van der Waals surface area (Å²) in [5.41, 5.74) is 1.78. The summed E-state index contributed by atoms with van der Waals surface area (Å²) in [6, 6.07) is -1.24. The number of nitrogens with one attached hydrogen (secondary N) is 3. The Hall–Kier alpha value is -3.00. The fourth-order valence-corrected chi connectivity index (χ4v) is 13.4. The fourth-order valence-electron chi connectivity index (χ4n) is 10.6. The summed E-state index contributed by atoms with van der Waals surface area (Å²) in [6.07, 6.45) is -12.8. The number of rotatable bonds is 21. The van der Waals surface area contributed by atoms with Crippen molar-refractivity contribution in [3.8, 4) is 40.9 Å². The average Bonchev–Trinajstić information content (AvgIpc) is 3.15. The molecule has 4 heterocycles. The van der Waals surface area contributed by atoms with Crippen molar-refractivity contribution in [2.75, 3.05) is 60.7 Å². The third-order valence-electron chi connectivity index (χ3n) is 14.9. The number of carbonyl (C=O) groups excluding carboxylic acids is 2. The minimum absolute atomic E-state index is 0.0303. The van der Waals surface area contributed by atoms with Crippen LogP contribution in [0.3, 0.4) is 0 Å². The first kappa shape index (κ1) is 67.5. The number of ether oxygens (including phenoxy) is 12. The van der Waals surface area contributed by atoms with E-state index in [-0.39, 0.29) is 77.7 Å². The molecule has 28 heteroatoms. The van der Waals surface area contributed by atoms with Crippen LogP contribution in [0.4, 0.5) is 4.79 Å². The molecule has 4 saturated heterocycles. The van der Waals surface area contributed by atoms with Crippen molar-refractivity contribution >= 4 is 67.1 Å². The largest absolute Gasteiger partial charge is 0.492 e. The van der Waals surface area contributed by atoms with Crippen LogP contribution in [-0.4, -0.2) is 224 Å². The van der Waals surface area contributed by atoms with Gasteiger partial charge in [-0.1, -0.05) is 70.0 Å². The molecular weight excluding hydrogens is 1260 g/mol. The highest BCUT2D eigenvalue weighted by Crippen LogP contribution is 2.49. The Bertz CT molecular complexity index is 2640. The number of allylic oxidation sites excluding steroid dienone is 2. The fraction of sp³-hybridized carbons (Fsp3) is 0.673. The molecule has 0 radical (unpaired) electrons. The number of thioether (sulfide) groups is 1. The molecule has 6 aliphatic rings. The Kier molecular flexibility index (Phi) is 25.0. The van der Waals surface area contributed by atoms with Crippen LogP contribution >= 0.6 is 55.9 Å². The third-order valence-corrected chi connectivity index (χ3v) is 19.3. The molecule has 0 saturated carbocycles. The zero-order valence-electron chi connectivity index (χ0n) is 47.9. The van der Waals surface area contributed by atoms with E-state index in [9.17, 15) is 40.2 Å². The van der Waals surface area contributed by atoms with E-state index in [2.05, 4.69) is 39.8 Å². The van der Waals surface area contributed by atoms with E-state index >= 15 is 0 Å². The van der Waals surface area contributed by atoms with Crippen LogP contribution in [0.5, 0.6) is 17.2 Å². The standard InChI is InChI=1S/C55H76IN3O21S3/c1-12-57-30-24-73-35(22-34(30)68-6)78-48-43(63)40(26(3)75-53(48)77-33-17-15-13-14-16-19-55(67)23-32(61)41(58-54(66)72-10)38(33)29(55)18-20-82-81-11)59-80-36-21-31(60)50(28(5)74-36)83-51(65)37-25(2)39(56)46(49(71-9)45(37)69-7)79-52-44(64)47(70-8)42(62)27(4)76-52/h13-14,18,26-28,30-36,40,42-44,47-48,50,52-53,57,59-64,67H,12,20-24H2,1-11H3,(H,58,66)/b14-13+,29-18-/t26-,27-,28+,30-,31-,32+,33-,34-,35-,36-,40+,42-,43-,44+,47+,48-,50+,52-,53-,55-/m0/s1. The number of carbonyl (C=O) groups is 2. The Labute approximate surface area is 508 Å². The van der Waals surface area contributed by atoms with Crippen molar-refractivity contribution in [3.63, 3.8) is 0 Å². The molecule has 4 aliphatic heterocycles. The summed E-state index contributed by atoms with van der Waals surface area (Å²) in [4.78, 5) is 33.5. The maximum Gasteiger partial charge on any atom is 0.411 e. The highest BCUT2D eigenvalue weighted by molar-refractivity contribution is 14.1.